The smallest absolute Gasteiger partial charge is 0.416 e. The van der Waals surface area contributed by atoms with Crippen LogP contribution in [0.3, 0.4) is 0 Å². The number of hydrogen-bond donors (Lipinski definition) is 0. The molecule has 0 spiro atoms. The molecule has 3 rings (SSSR count). The molecule has 7 nitrogen and oxygen atoms in total. The number of benzene rings is 2. The maximum atomic E-state index is 13.6. The Morgan fingerprint density at radius 1 is 0.974 bits per heavy atom. The fourth-order valence-corrected chi connectivity index (χ4v) is 4.73. The zero-order chi connectivity index (χ0) is 27.5. The van der Waals surface area contributed by atoms with Gasteiger partial charge in [0.2, 0.25) is 5.91 Å². The summed E-state index contributed by atoms with van der Waals surface area (Å²) in [5, 5.41) is 0. The molecule has 0 aliphatic carbocycles. The molecular weight excluding hydrogens is 482 g/mol. The van der Waals surface area contributed by atoms with Crippen LogP contribution in [0.2, 0.25) is 0 Å². The topological polar surface area (TPSA) is 82.1 Å². The largest absolute Gasteiger partial charge is 0.497 e. The van der Waals surface area contributed by atoms with Gasteiger partial charge in [0.05, 0.1) is 19.6 Å². The van der Waals surface area contributed by atoms with Crippen LogP contribution in [0.5, 0.6) is 5.75 Å². The maximum absolute atomic E-state index is 13.6. The molecule has 1 saturated heterocycles. The number of methoxy groups -OCH3 is 1. The van der Waals surface area contributed by atoms with Crippen LogP contribution in [0.25, 0.3) is 0 Å². The number of carbonyl (C=O) groups excluding carboxylic acids is 3. The van der Waals surface area contributed by atoms with E-state index in [9.17, 15) is 14.4 Å². The lowest BCUT2D eigenvalue weighted by molar-refractivity contribution is -0.158. The monoisotopic (exact) mass is 523 g/mol. The summed E-state index contributed by atoms with van der Waals surface area (Å²) in [6.45, 7) is 5.57. The van der Waals surface area contributed by atoms with Crippen LogP contribution in [-0.4, -0.2) is 48.2 Å². The number of nitrogens with zero attached hydrogens (tertiary/aromatic N) is 1. The Labute approximate surface area is 226 Å². The van der Waals surface area contributed by atoms with Crippen LogP contribution >= 0.6 is 0 Å². The van der Waals surface area contributed by atoms with Gasteiger partial charge in [-0.25, -0.2) is 9.69 Å². The minimum atomic E-state index is -0.644. The maximum Gasteiger partial charge on any atom is 0.416 e. The Morgan fingerprint density at radius 2 is 1.66 bits per heavy atom. The lowest BCUT2D eigenvalue weighted by Gasteiger charge is -2.26. The van der Waals surface area contributed by atoms with Crippen molar-refractivity contribution in [3.63, 3.8) is 0 Å². The van der Waals surface area contributed by atoms with E-state index in [1.165, 1.54) is 10.5 Å². The van der Waals surface area contributed by atoms with Crippen molar-refractivity contribution in [2.45, 2.75) is 83.8 Å². The summed E-state index contributed by atoms with van der Waals surface area (Å²) in [5.74, 6) is -0.558. The van der Waals surface area contributed by atoms with Crippen LogP contribution in [-0.2, 0) is 31.9 Å². The first-order chi connectivity index (χ1) is 18.2. The molecule has 1 aliphatic rings. The van der Waals surface area contributed by atoms with Crippen molar-refractivity contribution in [1.29, 1.82) is 0 Å². The van der Waals surface area contributed by atoms with E-state index in [2.05, 4.69) is 12.1 Å². The Balaban J connectivity index is 1.58. The molecule has 0 radical (unpaired) electrons. The van der Waals surface area contributed by atoms with Crippen molar-refractivity contribution < 1.29 is 28.6 Å². The van der Waals surface area contributed by atoms with Crippen molar-refractivity contribution in [2.75, 3.05) is 13.7 Å². The molecule has 0 bridgehead atoms. The summed E-state index contributed by atoms with van der Waals surface area (Å²) in [6.07, 6.45) is 5.10. The number of carbonyl (C=O) groups is 3. The third kappa shape index (κ3) is 9.19. The first kappa shape index (κ1) is 29.2. The fourth-order valence-electron chi connectivity index (χ4n) is 4.73. The first-order valence-corrected chi connectivity index (χ1v) is 13.5. The SMILES string of the molecule is COc1ccc(CCCCCC[C@H](CC(=O)OC(C)(C)C)C(=O)N2C(=O)OC[C@@H]2Cc2ccccc2)cc1. The molecule has 2 aromatic rings. The van der Waals surface area contributed by atoms with E-state index in [0.717, 1.165) is 43.4 Å². The average Bonchev–Trinajstić information content (AvgIpc) is 3.24. The van der Waals surface area contributed by atoms with Crippen molar-refractivity contribution in [2.24, 2.45) is 5.92 Å². The van der Waals surface area contributed by atoms with E-state index in [0.29, 0.717) is 12.8 Å². The number of esters is 1. The Morgan fingerprint density at radius 3 is 2.32 bits per heavy atom. The summed E-state index contributed by atoms with van der Waals surface area (Å²) in [7, 11) is 1.66. The molecule has 1 fully saturated rings. The van der Waals surface area contributed by atoms with Crippen molar-refractivity contribution >= 4 is 18.0 Å². The highest BCUT2D eigenvalue weighted by Gasteiger charge is 2.41. The van der Waals surface area contributed by atoms with Crippen LogP contribution in [0.1, 0.15) is 70.4 Å². The summed E-state index contributed by atoms with van der Waals surface area (Å²) in [6, 6.07) is 17.4. The highest BCUT2D eigenvalue weighted by Crippen LogP contribution is 2.26. The second kappa shape index (κ2) is 14.0. The van der Waals surface area contributed by atoms with E-state index < -0.39 is 23.6 Å². The van der Waals surface area contributed by atoms with Gasteiger partial charge in [0.1, 0.15) is 18.0 Å². The molecular formula is C31H41NO6. The average molecular weight is 524 g/mol. The van der Waals surface area contributed by atoms with Gasteiger partial charge in [0.25, 0.3) is 0 Å². The number of imide groups is 1. The van der Waals surface area contributed by atoms with E-state index in [1.807, 2.05) is 42.5 Å². The lowest BCUT2D eigenvalue weighted by atomic mass is 9.94. The highest BCUT2D eigenvalue weighted by molar-refractivity contribution is 5.96. The number of rotatable bonds is 13. The second-order valence-corrected chi connectivity index (χ2v) is 10.9. The van der Waals surface area contributed by atoms with Crippen molar-refractivity contribution in [1.82, 2.24) is 4.90 Å². The van der Waals surface area contributed by atoms with Gasteiger partial charge in [-0.2, -0.15) is 0 Å². The van der Waals surface area contributed by atoms with Gasteiger partial charge >= 0.3 is 12.1 Å². The van der Waals surface area contributed by atoms with Crippen LogP contribution < -0.4 is 4.74 Å². The van der Waals surface area contributed by atoms with E-state index >= 15 is 0 Å². The van der Waals surface area contributed by atoms with Crippen LogP contribution in [0.15, 0.2) is 54.6 Å². The van der Waals surface area contributed by atoms with Gasteiger partial charge in [-0.1, -0.05) is 61.7 Å². The zero-order valence-corrected chi connectivity index (χ0v) is 23.1. The zero-order valence-electron chi connectivity index (χ0n) is 23.1. The predicted octanol–water partition coefficient (Wildman–Crippen LogP) is 6.13. The summed E-state index contributed by atoms with van der Waals surface area (Å²) in [5.41, 5.74) is 1.64. The molecule has 0 unspecified atom stereocenters. The Kier molecular flexibility index (Phi) is 10.7. The first-order valence-electron chi connectivity index (χ1n) is 13.5. The number of aryl methyl sites for hydroxylation is 1. The van der Waals surface area contributed by atoms with Gasteiger partial charge in [-0.3, -0.25) is 9.59 Å². The van der Waals surface area contributed by atoms with Crippen LogP contribution in [0, 0.1) is 5.92 Å². The summed E-state index contributed by atoms with van der Waals surface area (Å²) >= 11 is 0. The molecule has 1 aliphatic heterocycles. The van der Waals surface area contributed by atoms with Gasteiger partial charge in [0.15, 0.2) is 0 Å². The fraction of sp³-hybridized carbons (Fsp3) is 0.516. The summed E-state index contributed by atoms with van der Waals surface area (Å²) in [4.78, 5) is 40.1. The standard InChI is InChI=1S/C31H41NO6/c1-31(2,3)38-28(33)21-25(15-11-6-5-8-12-23-16-18-27(36-4)19-17-23)29(34)32-26(22-37-30(32)35)20-24-13-9-7-10-14-24/h7,9-10,13-14,16-19,25-26H,5-6,8,11-12,15,20-22H2,1-4H3/t25-,26+/m1/s1. The molecule has 206 valence electrons. The van der Waals surface area contributed by atoms with Gasteiger partial charge in [-0.15, -0.1) is 0 Å². The minimum Gasteiger partial charge on any atom is -0.497 e. The lowest BCUT2D eigenvalue weighted by Crippen LogP contribution is -2.44. The van der Waals surface area contributed by atoms with Gasteiger partial charge in [0, 0.05) is 5.92 Å². The molecule has 0 N–H and O–H groups in total. The Hall–Kier alpha value is -3.35. The predicted molar refractivity (Wildman–Crippen MR) is 146 cm³/mol. The number of amides is 2. The van der Waals surface area contributed by atoms with Gasteiger partial charge in [-0.05, 0) is 69.7 Å². The number of cyclic esters (lactones) is 1. The number of hydrogen-bond acceptors (Lipinski definition) is 6. The summed E-state index contributed by atoms with van der Waals surface area (Å²) < 4.78 is 16.0. The van der Waals surface area contributed by atoms with Crippen LogP contribution in [0.4, 0.5) is 4.79 Å². The quantitative estimate of drug-likeness (QED) is 0.232. The minimum absolute atomic E-state index is 0.0518. The molecule has 0 aromatic heterocycles. The second-order valence-electron chi connectivity index (χ2n) is 10.9. The Bertz CT molecular complexity index is 1040. The molecule has 2 amide bonds. The molecule has 1 heterocycles. The van der Waals surface area contributed by atoms with E-state index in [1.54, 1.807) is 27.9 Å². The third-order valence-electron chi connectivity index (χ3n) is 6.62. The molecule has 7 heteroatoms. The molecule has 38 heavy (non-hydrogen) atoms. The molecule has 2 atom stereocenters. The van der Waals surface area contributed by atoms with Crippen molar-refractivity contribution in [3.8, 4) is 5.75 Å². The molecule has 0 saturated carbocycles. The van der Waals surface area contributed by atoms with E-state index in [4.69, 9.17) is 14.2 Å². The van der Waals surface area contributed by atoms with Gasteiger partial charge < -0.3 is 14.2 Å². The van der Waals surface area contributed by atoms with Crippen molar-refractivity contribution in [3.05, 3.63) is 65.7 Å². The third-order valence-corrected chi connectivity index (χ3v) is 6.62. The number of unbranched alkanes of at least 4 members (excludes halogenated alkanes) is 3. The number of ether oxygens (including phenoxy) is 3. The molecule has 2 aromatic carbocycles. The normalized spacial score (nSPS) is 16.2. The highest BCUT2D eigenvalue weighted by atomic mass is 16.6. The van der Waals surface area contributed by atoms with E-state index in [-0.39, 0.29) is 25.0 Å².